The molecule has 0 aromatic heterocycles. The van der Waals surface area contributed by atoms with Gasteiger partial charge in [0.15, 0.2) is 0 Å². The number of hydrogen-bond acceptors (Lipinski definition) is 2. The third kappa shape index (κ3) is 3.28. The first-order chi connectivity index (χ1) is 9.05. The van der Waals surface area contributed by atoms with Gasteiger partial charge in [0.25, 0.3) is 0 Å². The van der Waals surface area contributed by atoms with Crippen molar-refractivity contribution in [2.75, 3.05) is 5.88 Å². The Kier molecular flexibility index (Phi) is 4.48. The molecule has 1 aromatic rings. The molecule has 19 heavy (non-hydrogen) atoms. The van der Waals surface area contributed by atoms with Crippen molar-refractivity contribution >= 4 is 17.5 Å². The Morgan fingerprint density at radius 3 is 2.63 bits per heavy atom. The quantitative estimate of drug-likeness (QED) is 0.862. The van der Waals surface area contributed by atoms with Crippen LogP contribution in [-0.4, -0.2) is 24.0 Å². The monoisotopic (exact) mass is 281 g/mol. The maximum Gasteiger partial charge on any atom is 0.249 e. The fourth-order valence-corrected chi connectivity index (χ4v) is 2.56. The molecule has 3 nitrogen and oxygen atoms in total. The molecular weight excluding hydrogens is 262 g/mol. The number of benzene rings is 1. The summed E-state index contributed by atoms with van der Waals surface area (Å²) in [6, 6.07) is 9.78. The van der Waals surface area contributed by atoms with Crippen molar-refractivity contribution in [3.05, 3.63) is 35.9 Å². The molecule has 0 bridgehead atoms. The molecule has 0 radical (unpaired) electrons. The summed E-state index contributed by atoms with van der Waals surface area (Å²) < 4.78 is 5.59. The molecule has 3 atom stereocenters. The number of ether oxygens (including phenoxy) is 1. The first-order valence-electron chi connectivity index (χ1n) is 6.64. The summed E-state index contributed by atoms with van der Waals surface area (Å²) in [5.74, 6) is 0.252. The van der Waals surface area contributed by atoms with Crippen LogP contribution in [0.25, 0.3) is 0 Å². The molecular formula is C15H20ClNO2. The van der Waals surface area contributed by atoms with Gasteiger partial charge in [0, 0.05) is 5.88 Å². The molecule has 0 spiro atoms. The summed E-state index contributed by atoms with van der Waals surface area (Å²) in [4.78, 5) is 12.2. The molecule has 1 amide bonds. The van der Waals surface area contributed by atoms with Gasteiger partial charge >= 0.3 is 0 Å². The normalized spacial score (nSPS) is 25.8. The molecule has 1 fully saturated rings. The van der Waals surface area contributed by atoms with Crippen molar-refractivity contribution in [3.63, 3.8) is 0 Å². The Hall–Kier alpha value is -1.06. The average Bonchev–Trinajstić information content (AvgIpc) is 2.86. The van der Waals surface area contributed by atoms with Crippen molar-refractivity contribution in [2.24, 2.45) is 0 Å². The van der Waals surface area contributed by atoms with E-state index in [1.54, 1.807) is 0 Å². The molecule has 3 unspecified atom stereocenters. The third-order valence-electron chi connectivity index (χ3n) is 3.60. The van der Waals surface area contributed by atoms with Gasteiger partial charge < -0.3 is 10.1 Å². The Balaban J connectivity index is 2.08. The highest BCUT2D eigenvalue weighted by atomic mass is 35.5. The maximum atomic E-state index is 12.2. The second kappa shape index (κ2) is 5.93. The summed E-state index contributed by atoms with van der Waals surface area (Å²) in [6.45, 7) is 3.93. The van der Waals surface area contributed by atoms with Crippen LogP contribution in [-0.2, 0) is 15.1 Å². The molecule has 0 aliphatic carbocycles. The summed E-state index contributed by atoms with van der Waals surface area (Å²) >= 11 is 6.07. The van der Waals surface area contributed by atoms with Crippen molar-refractivity contribution in [1.29, 1.82) is 0 Å². The summed E-state index contributed by atoms with van der Waals surface area (Å²) in [6.07, 6.45) is 1.53. The van der Waals surface area contributed by atoms with Crippen molar-refractivity contribution in [3.8, 4) is 0 Å². The minimum Gasteiger partial charge on any atom is -0.365 e. The molecule has 4 heteroatoms. The molecule has 0 saturated carbocycles. The van der Waals surface area contributed by atoms with Gasteiger partial charge in [0.2, 0.25) is 5.91 Å². The predicted molar refractivity (Wildman–Crippen MR) is 76.2 cm³/mol. The second-order valence-electron chi connectivity index (χ2n) is 5.33. The molecule has 1 aliphatic rings. The number of hydrogen-bond donors (Lipinski definition) is 1. The number of alkyl halides is 1. The van der Waals surface area contributed by atoms with Gasteiger partial charge in [-0.05, 0) is 32.3 Å². The lowest BCUT2D eigenvalue weighted by Gasteiger charge is -2.30. The summed E-state index contributed by atoms with van der Waals surface area (Å²) in [5.41, 5.74) is 0.444. The fraction of sp³-hybridized carbons (Fsp3) is 0.533. The van der Waals surface area contributed by atoms with Crippen LogP contribution in [0.3, 0.4) is 0 Å². The van der Waals surface area contributed by atoms with Gasteiger partial charge in [-0.25, -0.2) is 0 Å². The number of carbonyl (C=O) groups is 1. The largest absolute Gasteiger partial charge is 0.365 e. The zero-order valence-electron chi connectivity index (χ0n) is 11.4. The van der Waals surface area contributed by atoms with E-state index in [0.29, 0.717) is 5.88 Å². The highest BCUT2D eigenvalue weighted by Crippen LogP contribution is 2.25. The Labute approximate surface area is 119 Å². The van der Waals surface area contributed by atoms with Crippen molar-refractivity contribution in [2.45, 2.75) is 44.4 Å². The van der Waals surface area contributed by atoms with Crippen molar-refractivity contribution < 1.29 is 9.53 Å². The van der Waals surface area contributed by atoms with Crippen LogP contribution in [0, 0.1) is 0 Å². The molecule has 104 valence electrons. The van der Waals surface area contributed by atoms with Gasteiger partial charge in [-0.3, -0.25) is 4.79 Å². The van der Waals surface area contributed by atoms with Crippen LogP contribution in [0.4, 0.5) is 0 Å². The lowest BCUT2D eigenvalue weighted by atomic mass is 9.93. The topological polar surface area (TPSA) is 38.3 Å². The highest BCUT2D eigenvalue weighted by Gasteiger charge is 2.34. The van der Waals surface area contributed by atoms with Gasteiger partial charge in [-0.2, -0.15) is 0 Å². The number of amides is 1. The van der Waals surface area contributed by atoms with E-state index in [4.69, 9.17) is 16.3 Å². The zero-order valence-corrected chi connectivity index (χ0v) is 12.1. The van der Waals surface area contributed by atoms with E-state index < -0.39 is 5.54 Å². The first-order valence-corrected chi connectivity index (χ1v) is 7.17. The molecule has 1 aromatic carbocycles. The van der Waals surface area contributed by atoms with Crippen LogP contribution in [0.1, 0.15) is 32.3 Å². The Bertz CT molecular complexity index is 437. The minimum absolute atomic E-state index is 0.0728. The van der Waals surface area contributed by atoms with E-state index in [1.165, 1.54) is 0 Å². The standard InChI is InChI=1S/C15H20ClNO2/c1-11-8-9-13(19-11)14(18)17-15(2,10-16)12-6-4-3-5-7-12/h3-7,11,13H,8-10H2,1-2H3,(H,17,18). The van der Waals surface area contributed by atoms with E-state index in [-0.39, 0.29) is 18.1 Å². The minimum atomic E-state index is -0.560. The van der Waals surface area contributed by atoms with Crippen molar-refractivity contribution in [1.82, 2.24) is 5.32 Å². The van der Waals surface area contributed by atoms with Crippen LogP contribution in [0.15, 0.2) is 30.3 Å². The third-order valence-corrected chi connectivity index (χ3v) is 4.14. The SMILES string of the molecule is CC1CCC(C(=O)NC(C)(CCl)c2ccccc2)O1. The maximum absolute atomic E-state index is 12.2. The van der Waals surface area contributed by atoms with Gasteiger partial charge in [0.05, 0.1) is 11.6 Å². The number of halogens is 1. The number of rotatable bonds is 4. The second-order valence-corrected chi connectivity index (χ2v) is 5.60. The van der Waals surface area contributed by atoms with E-state index in [1.807, 2.05) is 44.2 Å². The summed E-state index contributed by atoms with van der Waals surface area (Å²) in [5, 5.41) is 3.03. The highest BCUT2D eigenvalue weighted by molar-refractivity contribution is 6.18. The van der Waals surface area contributed by atoms with Gasteiger partial charge in [-0.15, -0.1) is 11.6 Å². The summed E-state index contributed by atoms with van der Waals surface area (Å²) in [7, 11) is 0. The van der Waals surface area contributed by atoms with Gasteiger partial charge in [-0.1, -0.05) is 30.3 Å². The first kappa shape index (κ1) is 14.4. The lowest BCUT2D eigenvalue weighted by Crippen LogP contribution is -2.49. The van der Waals surface area contributed by atoms with Crippen LogP contribution in [0.2, 0.25) is 0 Å². The van der Waals surface area contributed by atoms with Crippen LogP contribution >= 0.6 is 11.6 Å². The van der Waals surface area contributed by atoms with Crippen LogP contribution in [0.5, 0.6) is 0 Å². The molecule has 1 aliphatic heterocycles. The van der Waals surface area contributed by atoms with Gasteiger partial charge in [0.1, 0.15) is 6.10 Å². The predicted octanol–water partition coefficient (Wildman–Crippen LogP) is 2.82. The average molecular weight is 282 g/mol. The lowest BCUT2D eigenvalue weighted by molar-refractivity contribution is -0.133. The molecule has 1 heterocycles. The van der Waals surface area contributed by atoms with E-state index in [0.717, 1.165) is 18.4 Å². The zero-order chi connectivity index (χ0) is 13.9. The number of nitrogens with one attached hydrogen (secondary N) is 1. The molecule has 2 rings (SSSR count). The molecule has 1 N–H and O–H groups in total. The van der Waals surface area contributed by atoms with E-state index in [9.17, 15) is 4.79 Å². The smallest absolute Gasteiger partial charge is 0.249 e. The Morgan fingerprint density at radius 1 is 1.42 bits per heavy atom. The van der Waals surface area contributed by atoms with Crippen LogP contribution < -0.4 is 5.32 Å². The fourth-order valence-electron chi connectivity index (χ4n) is 2.34. The Morgan fingerprint density at radius 2 is 2.11 bits per heavy atom. The van der Waals surface area contributed by atoms with E-state index >= 15 is 0 Å². The number of carbonyl (C=O) groups excluding carboxylic acids is 1. The van der Waals surface area contributed by atoms with E-state index in [2.05, 4.69) is 5.32 Å². The molecule has 1 saturated heterocycles.